The van der Waals surface area contributed by atoms with Crippen LogP contribution in [0.25, 0.3) is 0 Å². The van der Waals surface area contributed by atoms with E-state index in [4.69, 9.17) is 10.00 Å². The second-order valence-corrected chi connectivity index (χ2v) is 5.95. The molecule has 3 atom stereocenters. The first-order chi connectivity index (χ1) is 10.2. The molecule has 0 aromatic heterocycles. The fourth-order valence-electron chi connectivity index (χ4n) is 2.73. The smallest absolute Gasteiger partial charge is 0.0991 e. The van der Waals surface area contributed by atoms with Gasteiger partial charge in [-0.1, -0.05) is 19.8 Å². The van der Waals surface area contributed by atoms with Gasteiger partial charge in [0.15, 0.2) is 0 Å². The number of nitrogens with one attached hydrogen (secondary N) is 1. The summed E-state index contributed by atoms with van der Waals surface area (Å²) in [7, 11) is 0. The fraction of sp³-hybridized carbons (Fsp3) is 0.588. The molecule has 1 fully saturated rings. The average Bonchev–Trinajstić information content (AvgIpc) is 2.51. The van der Waals surface area contributed by atoms with Crippen LogP contribution in [0.4, 0.5) is 5.69 Å². The third-order valence-corrected chi connectivity index (χ3v) is 3.97. The highest BCUT2D eigenvalue weighted by molar-refractivity contribution is 5.47. The van der Waals surface area contributed by atoms with Gasteiger partial charge in [0.25, 0.3) is 0 Å². The molecule has 21 heavy (non-hydrogen) atoms. The van der Waals surface area contributed by atoms with Gasteiger partial charge in [-0.25, -0.2) is 0 Å². The number of aliphatic hydroxyl groups is 1. The van der Waals surface area contributed by atoms with E-state index in [9.17, 15) is 5.11 Å². The second kappa shape index (κ2) is 8.02. The Balaban J connectivity index is 1.67. The van der Waals surface area contributed by atoms with Crippen LogP contribution in [0.3, 0.4) is 0 Å². The standard InChI is InChI=1S/C17H24N2O2/c1-13-3-2-4-17(9-13)21-12-16(20)11-19-15-7-5-14(10-18)6-8-15/h5-8,13,16-17,19-20H,2-4,9,11-12H2,1H3. The second-order valence-electron chi connectivity index (χ2n) is 5.95. The zero-order chi connectivity index (χ0) is 15.1. The Hall–Kier alpha value is -1.57. The number of nitriles is 1. The summed E-state index contributed by atoms with van der Waals surface area (Å²) in [4.78, 5) is 0. The van der Waals surface area contributed by atoms with Crippen molar-refractivity contribution >= 4 is 5.69 Å². The lowest BCUT2D eigenvalue weighted by atomic mass is 9.89. The highest BCUT2D eigenvalue weighted by Gasteiger charge is 2.20. The number of benzene rings is 1. The van der Waals surface area contributed by atoms with E-state index < -0.39 is 6.10 Å². The van der Waals surface area contributed by atoms with Crippen molar-refractivity contribution in [3.63, 3.8) is 0 Å². The summed E-state index contributed by atoms with van der Waals surface area (Å²) in [6.07, 6.45) is 4.53. The van der Waals surface area contributed by atoms with Crippen molar-refractivity contribution in [3.8, 4) is 6.07 Å². The minimum Gasteiger partial charge on any atom is -0.389 e. The molecular weight excluding hydrogens is 264 g/mol. The van der Waals surface area contributed by atoms with Crippen molar-refractivity contribution in [2.75, 3.05) is 18.5 Å². The molecule has 3 unspecified atom stereocenters. The van der Waals surface area contributed by atoms with Gasteiger partial charge in [0.2, 0.25) is 0 Å². The summed E-state index contributed by atoms with van der Waals surface area (Å²) in [6, 6.07) is 9.28. The Morgan fingerprint density at radius 1 is 1.38 bits per heavy atom. The Kier molecular flexibility index (Phi) is 6.04. The van der Waals surface area contributed by atoms with Gasteiger partial charge in [0.05, 0.1) is 30.4 Å². The summed E-state index contributed by atoms with van der Waals surface area (Å²) in [6.45, 7) is 3.09. The number of rotatable bonds is 6. The van der Waals surface area contributed by atoms with Gasteiger partial charge in [-0.05, 0) is 43.0 Å². The summed E-state index contributed by atoms with van der Waals surface area (Å²) in [5.74, 6) is 0.734. The molecule has 0 spiro atoms. The lowest BCUT2D eigenvalue weighted by Crippen LogP contribution is -2.30. The topological polar surface area (TPSA) is 65.3 Å². The molecule has 1 aliphatic carbocycles. The molecule has 0 heterocycles. The molecule has 4 nitrogen and oxygen atoms in total. The lowest BCUT2D eigenvalue weighted by Gasteiger charge is -2.27. The van der Waals surface area contributed by atoms with Crippen LogP contribution in [0.1, 0.15) is 38.2 Å². The Morgan fingerprint density at radius 2 is 2.14 bits per heavy atom. The molecule has 2 N–H and O–H groups in total. The van der Waals surface area contributed by atoms with Crippen LogP contribution < -0.4 is 5.32 Å². The molecule has 0 aliphatic heterocycles. The molecule has 114 valence electrons. The first-order valence-corrected chi connectivity index (χ1v) is 7.71. The van der Waals surface area contributed by atoms with Gasteiger partial charge < -0.3 is 15.2 Å². The van der Waals surface area contributed by atoms with Crippen LogP contribution in [-0.2, 0) is 4.74 Å². The van der Waals surface area contributed by atoms with Crippen molar-refractivity contribution < 1.29 is 9.84 Å². The van der Waals surface area contributed by atoms with Crippen molar-refractivity contribution in [1.82, 2.24) is 0 Å². The summed E-state index contributed by atoms with van der Waals surface area (Å²) >= 11 is 0. The number of anilines is 1. The van der Waals surface area contributed by atoms with Crippen LogP contribution in [0.5, 0.6) is 0 Å². The Bertz CT molecular complexity index is 467. The van der Waals surface area contributed by atoms with E-state index in [1.807, 2.05) is 12.1 Å². The maximum atomic E-state index is 9.97. The minimum atomic E-state index is -0.516. The van der Waals surface area contributed by atoms with E-state index in [-0.39, 0.29) is 0 Å². The van der Waals surface area contributed by atoms with Gasteiger partial charge in [0.1, 0.15) is 0 Å². The van der Waals surface area contributed by atoms with Gasteiger partial charge in [0, 0.05) is 12.2 Å². The molecule has 0 saturated heterocycles. The predicted octanol–water partition coefficient (Wildman–Crippen LogP) is 2.93. The van der Waals surface area contributed by atoms with Crippen molar-refractivity contribution in [1.29, 1.82) is 5.26 Å². The van der Waals surface area contributed by atoms with Crippen molar-refractivity contribution in [2.45, 2.75) is 44.8 Å². The van der Waals surface area contributed by atoms with Gasteiger partial charge in [-0.15, -0.1) is 0 Å². The molecule has 0 amide bonds. The summed E-state index contributed by atoms with van der Waals surface area (Å²) < 4.78 is 5.81. The van der Waals surface area contributed by atoms with Gasteiger partial charge in [-0.3, -0.25) is 0 Å². The zero-order valence-corrected chi connectivity index (χ0v) is 12.6. The number of hydrogen-bond donors (Lipinski definition) is 2. The molecule has 1 aliphatic rings. The van der Waals surface area contributed by atoms with Gasteiger partial charge >= 0.3 is 0 Å². The minimum absolute atomic E-state index is 0.304. The van der Waals surface area contributed by atoms with Gasteiger partial charge in [-0.2, -0.15) is 5.26 Å². The van der Waals surface area contributed by atoms with Crippen molar-refractivity contribution in [3.05, 3.63) is 29.8 Å². The Labute approximate surface area is 126 Å². The quantitative estimate of drug-likeness (QED) is 0.844. The average molecular weight is 288 g/mol. The molecule has 0 bridgehead atoms. The molecule has 1 aromatic rings. The molecule has 1 saturated carbocycles. The number of nitrogens with zero attached hydrogens (tertiary/aromatic N) is 1. The molecule has 1 aromatic carbocycles. The van der Waals surface area contributed by atoms with Crippen LogP contribution in [0.2, 0.25) is 0 Å². The van der Waals surface area contributed by atoms with Crippen LogP contribution in [-0.4, -0.2) is 30.5 Å². The van der Waals surface area contributed by atoms with E-state index in [2.05, 4.69) is 18.3 Å². The van der Waals surface area contributed by atoms with E-state index in [1.54, 1.807) is 12.1 Å². The van der Waals surface area contributed by atoms with Crippen LogP contribution >= 0.6 is 0 Å². The number of aliphatic hydroxyl groups excluding tert-OH is 1. The number of hydrogen-bond acceptors (Lipinski definition) is 4. The predicted molar refractivity (Wildman–Crippen MR) is 83.0 cm³/mol. The van der Waals surface area contributed by atoms with Crippen LogP contribution in [0.15, 0.2) is 24.3 Å². The fourth-order valence-corrected chi connectivity index (χ4v) is 2.73. The normalized spacial score (nSPS) is 23.3. The monoisotopic (exact) mass is 288 g/mol. The van der Waals surface area contributed by atoms with Crippen LogP contribution in [0, 0.1) is 17.2 Å². The number of ether oxygens (including phenoxy) is 1. The SMILES string of the molecule is CC1CCCC(OCC(O)CNc2ccc(C#N)cc2)C1. The maximum absolute atomic E-state index is 9.97. The molecular formula is C17H24N2O2. The van der Waals surface area contributed by atoms with E-state index >= 15 is 0 Å². The van der Waals surface area contributed by atoms with Crippen molar-refractivity contribution in [2.24, 2.45) is 5.92 Å². The lowest BCUT2D eigenvalue weighted by molar-refractivity contribution is -0.0274. The molecule has 0 radical (unpaired) electrons. The first kappa shape index (κ1) is 15.8. The summed E-state index contributed by atoms with van der Waals surface area (Å²) in [5.41, 5.74) is 1.54. The largest absolute Gasteiger partial charge is 0.389 e. The molecule has 2 rings (SSSR count). The zero-order valence-electron chi connectivity index (χ0n) is 12.6. The third-order valence-electron chi connectivity index (χ3n) is 3.97. The van der Waals surface area contributed by atoms with E-state index in [1.165, 1.54) is 12.8 Å². The van der Waals surface area contributed by atoms with E-state index in [0.717, 1.165) is 24.4 Å². The first-order valence-electron chi connectivity index (χ1n) is 7.71. The third kappa shape index (κ3) is 5.37. The highest BCUT2D eigenvalue weighted by Crippen LogP contribution is 2.25. The van der Waals surface area contributed by atoms with E-state index in [0.29, 0.717) is 24.8 Å². The highest BCUT2D eigenvalue weighted by atomic mass is 16.5. The Morgan fingerprint density at radius 3 is 2.81 bits per heavy atom. The maximum Gasteiger partial charge on any atom is 0.0991 e. The molecule has 4 heteroatoms. The summed E-state index contributed by atoms with van der Waals surface area (Å²) in [5, 5.41) is 21.9.